The monoisotopic (exact) mass is 303 g/mol. The Morgan fingerprint density at radius 1 is 1.29 bits per heavy atom. The Kier molecular flexibility index (Phi) is 4.20. The van der Waals surface area contributed by atoms with Gasteiger partial charge in [0.25, 0.3) is 0 Å². The van der Waals surface area contributed by atoms with Gasteiger partial charge in [-0.15, -0.1) is 0 Å². The molecule has 2 aromatic rings. The second-order valence-corrected chi connectivity index (χ2v) is 5.36. The average Bonchev–Trinajstić information content (AvgIpc) is 2.51. The molecule has 0 saturated heterocycles. The second kappa shape index (κ2) is 6.27. The van der Waals surface area contributed by atoms with Gasteiger partial charge in [-0.25, -0.2) is 0 Å². The summed E-state index contributed by atoms with van der Waals surface area (Å²) in [5, 5.41) is 4.15. The predicted octanol–water partition coefficient (Wildman–Crippen LogP) is 4.67. The highest BCUT2D eigenvalue weighted by Gasteiger charge is 2.20. The van der Waals surface area contributed by atoms with Crippen LogP contribution in [0, 0.1) is 0 Å². The van der Waals surface area contributed by atoms with Crippen LogP contribution in [0.1, 0.15) is 24.9 Å². The molecule has 21 heavy (non-hydrogen) atoms. The molecule has 0 saturated carbocycles. The number of fused-ring (bicyclic) bond motifs is 1. The van der Waals surface area contributed by atoms with Crippen LogP contribution in [-0.4, -0.2) is 13.2 Å². The van der Waals surface area contributed by atoms with Crippen LogP contribution in [0.15, 0.2) is 42.5 Å². The van der Waals surface area contributed by atoms with Crippen molar-refractivity contribution in [2.24, 2.45) is 0 Å². The summed E-state index contributed by atoms with van der Waals surface area (Å²) >= 11 is 6.24. The summed E-state index contributed by atoms with van der Waals surface area (Å²) in [5.74, 6) is 1.68. The summed E-state index contributed by atoms with van der Waals surface area (Å²) in [6, 6.07) is 14.2. The third-order valence-electron chi connectivity index (χ3n) is 3.53. The molecule has 3 nitrogen and oxygen atoms in total. The number of nitrogens with one attached hydrogen (secondary N) is 1. The molecule has 0 aromatic heterocycles. The summed E-state index contributed by atoms with van der Waals surface area (Å²) < 4.78 is 11.1. The van der Waals surface area contributed by atoms with Gasteiger partial charge in [0.05, 0.1) is 24.3 Å². The van der Waals surface area contributed by atoms with Crippen LogP contribution in [0.4, 0.5) is 5.69 Å². The lowest BCUT2D eigenvalue weighted by molar-refractivity contribution is 0.274. The predicted molar refractivity (Wildman–Crippen MR) is 85.5 cm³/mol. The number of benzene rings is 2. The van der Waals surface area contributed by atoms with E-state index in [-0.39, 0.29) is 6.04 Å². The van der Waals surface area contributed by atoms with Crippen LogP contribution in [0.25, 0.3) is 0 Å². The number of anilines is 1. The second-order valence-electron chi connectivity index (χ2n) is 4.95. The maximum Gasteiger partial charge on any atom is 0.138 e. The lowest BCUT2D eigenvalue weighted by Crippen LogP contribution is -2.20. The van der Waals surface area contributed by atoms with Crippen molar-refractivity contribution in [2.75, 3.05) is 18.5 Å². The number of halogens is 1. The molecule has 1 unspecified atom stereocenters. The van der Waals surface area contributed by atoms with E-state index in [0.29, 0.717) is 11.6 Å². The van der Waals surface area contributed by atoms with Crippen LogP contribution in [0.2, 0.25) is 5.02 Å². The molecule has 0 aliphatic carbocycles. The van der Waals surface area contributed by atoms with E-state index in [0.717, 1.165) is 30.2 Å². The van der Waals surface area contributed by atoms with Gasteiger partial charge in [-0.2, -0.15) is 0 Å². The minimum absolute atomic E-state index is 0.240. The Hall–Kier alpha value is -1.87. The molecule has 0 amide bonds. The molecular weight excluding hydrogens is 286 g/mol. The van der Waals surface area contributed by atoms with Crippen LogP contribution in [0.3, 0.4) is 0 Å². The third-order valence-corrected chi connectivity index (χ3v) is 3.83. The molecule has 0 bridgehead atoms. The fourth-order valence-electron chi connectivity index (χ4n) is 2.56. The SMILES string of the molecule is CCOc1ccc(NC2CCOc3ccccc32)cc1Cl. The first-order valence-corrected chi connectivity index (χ1v) is 7.56. The van der Waals surface area contributed by atoms with Gasteiger partial charge in [0.2, 0.25) is 0 Å². The lowest BCUT2D eigenvalue weighted by atomic mass is 10.0. The zero-order chi connectivity index (χ0) is 14.7. The number of hydrogen-bond donors (Lipinski definition) is 1. The van der Waals surface area contributed by atoms with E-state index >= 15 is 0 Å². The molecule has 2 aromatic carbocycles. The van der Waals surface area contributed by atoms with Gasteiger partial charge in [0, 0.05) is 17.7 Å². The van der Waals surface area contributed by atoms with Crippen molar-refractivity contribution < 1.29 is 9.47 Å². The molecule has 1 N–H and O–H groups in total. The number of hydrogen-bond acceptors (Lipinski definition) is 3. The van der Waals surface area contributed by atoms with Gasteiger partial charge in [-0.3, -0.25) is 0 Å². The Balaban J connectivity index is 1.80. The van der Waals surface area contributed by atoms with Gasteiger partial charge in [-0.05, 0) is 31.2 Å². The van der Waals surface area contributed by atoms with E-state index in [9.17, 15) is 0 Å². The highest BCUT2D eigenvalue weighted by Crippen LogP contribution is 2.35. The van der Waals surface area contributed by atoms with Crippen LogP contribution < -0.4 is 14.8 Å². The zero-order valence-corrected chi connectivity index (χ0v) is 12.7. The van der Waals surface area contributed by atoms with Crippen molar-refractivity contribution in [1.29, 1.82) is 0 Å². The van der Waals surface area contributed by atoms with Crippen LogP contribution in [0.5, 0.6) is 11.5 Å². The van der Waals surface area contributed by atoms with Crippen LogP contribution in [-0.2, 0) is 0 Å². The van der Waals surface area contributed by atoms with Gasteiger partial charge in [-0.1, -0.05) is 29.8 Å². The first kappa shape index (κ1) is 14.1. The van der Waals surface area contributed by atoms with Crippen molar-refractivity contribution >= 4 is 17.3 Å². The summed E-state index contributed by atoms with van der Waals surface area (Å²) in [7, 11) is 0. The van der Waals surface area contributed by atoms with Crippen molar-refractivity contribution in [3.8, 4) is 11.5 Å². The maximum absolute atomic E-state index is 6.24. The topological polar surface area (TPSA) is 30.5 Å². The van der Waals surface area contributed by atoms with E-state index in [1.165, 1.54) is 5.56 Å². The summed E-state index contributed by atoms with van der Waals surface area (Å²) in [4.78, 5) is 0. The largest absolute Gasteiger partial charge is 0.493 e. The molecule has 0 radical (unpaired) electrons. The van der Waals surface area contributed by atoms with Crippen molar-refractivity contribution in [3.63, 3.8) is 0 Å². The van der Waals surface area contributed by atoms with E-state index in [1.807, 2.05) is 43.3 Å². The highest BCUT2D eigenvalue weighted by atomic mass is 35.5. The Morgan fingerprint density at radius 2 is 2.14 bits per heavy atom. The quantitative estimate of drug-likeness (QED) is 0.890. The van der Waals surface area contributed by atoms with Gasteiger partial charge in [0.15, 0.2) is 0 Å². The number of ether oxygens (including phenoxy) is 2. The fraction of sp³-hybridized carbons (Fsp3) is 0.294. The Labute approximate surface area is 129 Å². The standard InChI is InChI=1S/C17H18ClNO2/c1-2-20-17-8-7-12(11-14(17)18)19-15-9-10-21-16-6-4-3-5-13(15)16/h3-8,11,15,19H,2,9-10H2,1H3. The smallest absolute Gasteiger partial charge is 0.138 e. The van der Waals surface area contributed by atoms with Gasteiger partial charge >= 0.3 is 0 Å². The Morgan fingerprint density at radius 3 is 2.95 bits per heavy atom. The van der Waals surface area contributed by atoms with Gasteiger partial charge < -0.3 is 14.8 Å². The lowest BCUT2D eigenvalue weighted by Gasteiger charge is -2.27. The van der Waals surface area contributed by atoms with Crippen molar-refractivity contribution in [1.82, 2.24) is 0 Å². The molecule has 1 atom stereocenters. The molecule has 0 fully saturated rings. The first-order valence-electron chi connectivity index (χ1n) is 7.18. The Bertz CT molecular complexity index is 630. The summed E-state index contributed by atoms with van der Waals surface area (Å²) in [5.41, 5.74) is 2.18. The summed E-state index contributed by atoms with van der Waals surface area (Å²) in [6.07, 6.45) is 0.932. The fourth-order valence-corrected chi connectivity index (χ4v) is 2.79. The normalized spacial score (nSPS) is 16.8. The first-order chi connectivity index (χ1) is 10.3. The number of para-hydroxylation sites is 1. The van der Waals surface area contributed by atoms with E-state index in [2.05, 4.69) is 11.4 Å². The maximum atomic E-state index is 6.24. The molecule has 110 valence electrons. The summed E-state index contributed by atoms with van der Waals surface area (Å²) in [6.45, 7) is 3.28. The van der Waals surface area contributed by atoms with Gasteiger partial charge in [0.1, 0.15) is 11.5 Å². The molecule has 0 spiro atoms. The molecular formula is C17H18ClNO2. The molecule has 4 heteroatoms. The van der Waals surface area contributed by atoms with E-state index in [1.54, 1.807) is 0 Å². The molecule has 1 heterocycles. The molecule has 1 aliphatic rings. The minimum Gasteiger partial charge on any atom is -0.493 e. The average molecular weight is 304 g/mol. The van der Waals surface area contributed by atoms with Crippen molar-refractivity contribution in [2.45, 2.75) is 19.4 Å². The van der Waals surface area contributed by atoms with Crippen molar-refractivity contribution in [3.05, 3.63) is 53.1 Å². The van der Waals surface area contributed by atoms with E-state index in [4.69, 9.17) is 21.1 Å². The molecule has 1 aliphatic heterocycles. The van der Waals surface area contributed by atoms with E-state index < -0.39 is 0 Å². The zero-order valence-electron chi connectivity index (χ0n) is 11.9. The molecule has 3 rings (SSSR count). The minimum atomic E-state index is 0.240. The number of rotatable bonds is 4. The third kappa shape index (κ3) is 3.08. The van der Waals surface area contributed by atoms with Crippen LogP contribution >= 0.6 is 11.6 Å². The highest BCUT2D eigenvalue weighted by molar-refractivity contribution is 6.32.